The van der Waals surface area contributed by atoms with Crippen LogP contribution in [0.1, 0.15) is 49.9 Å². The van der Waals surface area contributed by atoms with Crippen molar-refractivity contribution in [2.45, 2.75) is 53.5 Å². The molecule has 1 rings (SSSR count). The second kappa shape index (κ2) is 12.2. The van der Waals surface area contributed by atoms with Crippen LogP contribution in [0.2, 0.25) is 0 Å². The Bertz CT molecular complexity index is 404. The maximum atomic E-state index is 4.59. The Balaban J connectivity index is 0.00000400. The van der Waals surface area contributed by atoms with Crippen LogP contribution in [0.25, 0.3) is 0 Å². The van der Waals surface area contributed by atoms with Crippen LogP contribution in [-0.2, 0) is 6.54 Å². The molecule has 2 N–H and O–H groups in total. The first-order valence-corrected chi connectivity index (χ1v) is 8.37. The quantitative estimate of drug-likeness (QED) is 0.288. The van der Waals surface area contributed by atoms with E-state index < -0.39 is 0 Å². The molecular formula is C15H29IN4S. The van der Waals surface area contributed by atoms with E-state index in [1.54, 1.807) is 11.3 Å². The molecule has 1 aromatic rings. The standard InChI is InChI=1S/C15H28N4S.HI/c1-5-16-15(17-9-7-6-8-12(2)3)19-11-14-10-18-13(4)20-14;/h10,12H,5-9,11H2,1-4H3,(H2,16,17,19);1H. The third-order valence-corrected chi connectivity index (χ3v) is 3.80. The van der Waals surface area contributed by atoms with Crippen molar-refractivity contribution in [1.29, 1.82) is 0 Å². The van der Waals surface area contributed by atoms with Crippen LogP contribution in [0.3, 0.4) is 0 Å². The molecule has 6 heteroatoms. The number of aliphatic imine (C=N–C) groups is 1. The summed E-state index contributed by atoms with van der Waals surface area (Å²) in [6.45, 7) is 11.2. The number of thiazole rings is 1. The number of aryl methyl sites for hydroxylation is 1. The van der Waals surface area contributed by atoms with Gasteiger partial charge in [-0.05, 0) is 26.2 Å². The predicted molar refractivity (Wildman–Crippen MR) is 104 cm³/mol. The lowest BCUT2D eigenvalue weighted by atomic mass is 10.1. The van der Waals surface area contributed by atoms with E-state index in [9.17, 15) is 0 Å². The molecule has 0 saturated carbocycles. The number of halogens is 1. The highest BCUT2D eigenvalue weighted by molar-refractivity contribution is 14.0. The summed E-state index contributed by atoms with van der Waals surface area (Å²) in [6, 6.07) is 0. The molecule has 0 amide bonds. The Kier molecular flexibility index (Phi) is 12.0. The smallest absolute Gasteiger partial charge is 0.191 e. The Morgan fingerprint density at radius 2 is 2.10 bits per heavy atom. The van der Waals surface area contributed by atoms with E-state index >= 15 is 0 Å². The molecule has 4 nitrogen and oxygen atoms in total. The van der Waals surface area contributed by atoms with Crippen molar-refractivity contribution >= 4 is 41.3 Å². The Morgan fingerprint density at radius 3 is 2.67 bits per heavy atom. The van der Waals surface area contributed by atoms with E-state index in [2.05, 4.69) is 41.4 Å². The Labute approximate surface area is 150 Å². The molecule has 0 atom stereocenters. The zero-order valence-electron chi connectivity index (χ0n) is 13.6. The number of nitrogens with zero attached hydrogens (tertiary/aromatic N) is 2. The third kappa shape index (κ3) is 10.1. The van der Waals surface area contributed by atoms with Gasteiger partial charge in [-0.2, -0.15) is 0 Å². The average Bonchev–Trinajstić information content (AvgIpc) is 2.81. The fourth-order valence-corrected chi connectivity index (χ4v) is 2.58. The number of aromatic nitrogens is 1. The lowest BCUT2D eigenvalue weighted by Gasteiger charge is -2.11. The lowest BCUT2D eigenvalue weighted by molar-refractivity contribution is 0.534. The fraction of sp³-hybridized carbons (Fsp3) is 0.733. The van der Waals surface area contributed by atoms with Gasteiger partial charge in [-0.15, -0.1) is 35.3 Å². The van der Waals surface area contributed by atoms with Crippen molar-refractivity contribution in [2.75, 3.05) is 13.1 Å². The summed E-state index contributed by atoms with van der Waals surface area (Å²) >= 11 is 1.71. The van der Waals surface area contributed by atoms with Crippen molar-refractivity contribution in [1.82, 2.24) is 15.6 Å². The molecule has 21 heavy (non-hydrogen) atoms. The van der Waals surface area contributed by atoms with Crippen LogP contribution in [0.5, 0.6) is 0 Å². The molecule has 0 aliphatic carbocycles. The summed E-state index contributed by atoms with van der Waals surface area (Å²) in [5.74, 6) is 1.70. The molecule has 0 bridgehead atoms. The molecule has 1 heterocycles. The Morgan fingerprint density at radius 1 is 1.33 bits per heavy atom. The van der Waals surface area contributed by atoms with E-state index in [0.717, 1.165) is 30.0 Å². The summed E-state index contributed by atoms with van der Waals surface area (Å²) in [7, 11) is 0. The minimum Gasteiger partial charge on any atom is -0.357 e. The Hall–Kier alpha value is -0.370. The number of hydrogen-bond acceptors (Lipinski definition) is 3. The number of unbranched alkanes of at least 4 members (excludes halogenated alkanes) is 1. The number of nitrogens with one attached hydrogen (secondary N) is 2. The van der Waals surface area contributed by atoms with E-state index in [1.165, 1.54) is 24.1 Å². The van der Waals surface area contributed by atoms with E-state index in [4.69, 9.17) is 0 Å². The van der Waals surface area contributed by atoms with Gasteiger partial charge in [0.2, 0.25) is 0 Å². The molecule has 1 aromatic heterocycles. The summed E-state index contributed by atoms with van der Waals surface area (Å²) in [6.07, 6.45) is 5.69. The van der Waals surface area contributed by atoms with Crippen LogP contribution >= 0.6 is 35.3 Å². The van der Waals surface area contributed by atoms with Gasteiger partial charge in [0.05, 0.1) is 11.6 Å². The highest BCUT2D eigenvalue weighted by Crippen LogP contribution is 2.12. The van der Waals surface area contributed by atoms with Gasteiger partial charge < -0.3 is 10.6 Å². The van der Waals surface area contributed by atoms with E-state index in [0.29, 0.717) is 6.54 Å². The normalized spacial score (nSPS) is 11.4. The third-order valence-electron chi connectivity index (χ3n) is 2.91. The van der Waals surface area contributed by atoms with Crippen molar-refractivity contribution in [2.24, 2.45) is 10.9 Å². The zero-order chi connectivity index (χ0) is 14.8. The topological polar surface area (TPSA) is 49.3 Å². The largest absolute Gasteiger partial charge is 0.357 e. The molecule has 122 valence electrons. The van der Waals surface area contributed by atoms with Gasteiger partial charge in [-0.1, -0.05) is 26.7 Å². The van der Waals surface area contributed by atoms with Gasteiger partial charge in [0.1, 0.15) is 0 Å². The number of rotatable bonds is 8. The predicted octanol–water partition coefficient (Wildman–Crippen LogP) is 3.95. The molecule has 0 aliphatic rings. The highest BCUT2D eigenvalue weighted by atomic mass is 127. The van der Waals surface area contributed by atoms with Gasteiger partial charge in [0, 0.05) is 24.2 Å². The molecule has 0 unspecified atom stereocenters. The second-order valence-electron chi connectivity index (χ2n) is 5.36. The van der Waals surface area contributed by atoms with Crippen molar-refractivity contribution < 1.29 is 0 Å². The molecule has 0 spiro atoms. The molecule has 0 radical (unpaired) electrons. The number of guanidine groups is 1. The van der Waals surface area contributed by atoms with Gasteiger partial charge in [-0.25, -0.2) is 9.98 Å². The summed E-state index contributed by atoms with van der Waals surface area (Å²) < 4.78 is 0. The molecule has 0 saturated heterocycles. The minimum atomic E-state index is 0. The summed E-state index contributed by atoms with van der Waals surface area (Å²) in [4.78, 5) is 10.1. The molecule has 0 aliphatic heterocycles. The van der Waals surface area contributed by atoms with Gasteiger partial charge in [-0.3, -0.25) is 0 Å². The van der Waals surface area contributed by atoms with Crippen LogP contribution in [0.15, 0.2) is 11.2 Å². The van der Waals surface area contributed by atoms with E-state index in [1.807, 2.05) is 13.1 Å². The molecule has 0 fully saturated rings. The molecule has 0 aromatic carbocycles. The van der Waals surface area contributed by atoms with E-state index in [-0.39, 0.29) is 24.0 Å². The summed E-state index contributed by atoms with van der Waals surface area (Å²) in [5.41, 5.74) is 0. The first-order chi connectivity index (χ1) is 9.61. The van der Waals surface area contributed by atoms with Crippen molar-refractivity contribution in [3.8, 4) is 0 Å². The van der Waals surface area contributed by atoms with Crippen LogP contribution in [-0.4, -0.2) is 24.0 Å². The van der Waals surface area contributed by atoms with Crippen LogP contribution in [0, 0.1) is 12.8 Å². The first-order valence-electron chi connectivity index (χ1n) is 7.55. The maximum absolute atomic E-state index is 4.59. The maximum Gasteiger partial charge on any atom is 0.191 e. The average molecular weight is 424 g/mol. The van der Waals surface area contributed by atoms with Gasteiger partial charge in [0.15, 0.2) is 5.96 Å². The first kappa shape index (κ1) is 20.6. The monoisotopic (exact) mass is 424 g/mol. The minimum absolute atomic E-state index is 0. The summed E-state index contributed by atoms with van der Waals surface area (Å²) in [5, 5.41) is 7.78. The number of hydrogen-bond donors (Lipinski definition) is 2. The van der Waals surface area contributed by atoms with Crippen LogP contribution in [0.4, 0.5) is 0 Å². The van der Waals surface area contributed by atoms with Crippen molar-refractivity contribution in [3.63, 3.8) is 0 Å². The highest BCUT2D eigenvalue weighted by Gasteiger charge is 2.00. The lowest BCUT2D eigenvalue weighted by Crippen LogP contribution is -2.37. The zero-order valence-corrected chi connectivity index (χ0v) is 16.8. The SMILES string of the molecule is CCNC(=NCc1cnc(C)s1)NCCCCC(C)C.I. The fourth-order valence-electron chi connectivity index (χ4n) is 1.86. The van der Waals surface area contributed by atoms with Crippen molar-refractivity contribution in [3.05, 3.63) is 16.1 Å². The van der Waals surface area contributed by atoms with Gasteiger partial charge >= 0.3 is 0 Å². The van der Waals surface area contributed by atoms with Gasteiger partial charge in [0.25, 0.3) is 0 Å². The van der Waals surface area contributed by atoms with Crippen LogP contribution < -0.4 is 10.6 Å². The molecular weight excluding hydrogens is 395 g/mol. The second-order valence-corrected chi connectivity index (χ2v) is 6.68.